The molecule has 2 nitrogen and oxygen atoms in total. The van der Waals surface area contributed by atoms with Gasteiger partial charge in [-0.3, -0.25) is 0 Å². The van der Waals surface area contributed by atoms with Gasteiger partial charge in [-0.25, -0.2) is 0 Å². The Labute approximate surface area is 349 Å². The van der Waals surface area contributed by atoms with Crippen LogP contribution in [-0.4, -0.2) is 9.13 Å². The highest BCUT2D eigenvalue weighted by molar-refractivity contribution is 6.23. The van der Waals surface area contributed by atoms with Gasteiger partial charge in [0.05, 0.1) is 22.1 Å². The first-order valence-electron chi connectivity index (χ1n) is 21.0. The third-order valence-electron chi connectivity index (χ3n) is 12.8. The molecule has 0 N–H and O–H groups in total. The van der Waals surface area contributed by atoms with Gasteiger partial charge in [0, 0.05) is 32.9 Å². The molecule has 10 aromatic carbocycles. The topological polar surface area (TPSA) is 9.86 Å². The van der Waals surface area contributed by atoms with Crippen molar-refractivity contribution in [3.63, 3.8) is 0 Å². The number of benzene rings is 10. The van der Waals surface area contributed by atoms with Crippen LogP contribution in [-0.2, 0) is 5.41 Å². The lowest BCUT2D eigenvalue weighted by Crippen LogP contribution is -2.10. The fourth-order valence-corrected chi connectivity index (χ4v) is 9.99. The minimum atomic E-state index is 0.0452. The van der Waals surface area contributed by atoms with Crippen LogP contribution in [0.25, 0.3) is 110 Å². The Morgan fingerprint density at radius 2 is 0.700 bits per heavy atom. The van der Waals surface area contributed by atoms with E-state index in [1.54, 1.807) is 0 Å². The second-order valence-corrected chi connectivity index (χ2v) is 17.3. The lowest BCUT2D eigenvalue weighted by atomic mass is 9.83. The number of para-hydroxylation sites is 4. The summed E-state index contributed by atoms with van der Waals surface area (Å²) in [7, 11) is 0. The molecule has 0 atom stereocenters. The van der Waals surface area contributed by atoms with E-state index in [-0.39, 0.29) is 5.41 Å². The molecule has 0 aliphatic heterocycles. The Morgan fingerprint density at radius 1 is 0.300 bits per heavy atom. The number of fused-ring (bicyclic) bond motifs is 9. The molecular weight excluding hydrogens is 725 g/mol. The SMILES string of the molecule is CC(C)(C)c1ccc(-c2c3ccc(-n4c5ccccc5c5ccccc54)cc3c(-c3ccc4ccccc4c3)c3ccc(-n4c5ccccc5c5ccccc54)cc23)cc1. The van der Waals surface area contributed by atoms with E-state index in [0.717, 1.165) is 11.4 Å². The summed E-state index contributed by atoms with van der Waals surface area (Å²) >= 11 is 0. The van der Waals surface area contributed by atoms with Crippen molar-refractivity contribution in [1.29, 1.82) is 0 Å². The Hall–Kier alpha value is -7.42. The van der Waals surface area contributed by atoms with Crippen molar-refractivity contribution in [1.82, 2.24) is 9.13 Å². The molecule has 0 unspecified atom stereocenters. The fraction of sp³-hybridized carbons (Fsp3) is 0.0690. The van der Waals surface area contributed by atoms with Crippen LogP contribution < -0.4 is 0 Å². The van der Waals surface area contributed by atoms with Crippen molar-refractivity contribution in [2.75, 3.05) is 0 Å². The molecular formula is C58H42N2. The lowest BCUT2D eigenvalue weighted by molar-refractivity contribution is 0.590. The number of nitrogens with zero attached hydrogens (tertiary/aromatic N) is 2. The van der Waals surface area contributed by atoms with Gasteiger partial charge >= 0.3 is 0 Å². The van der Waals surface area contributed by atoms with E-state index in [1.807, 2.05) is 0 Å². The molecule has 12 rings (SSSR count). The standard InChI is InChI=1S/C58H42N2/c1-58(2,3)41-28-26-38(27-29-41)56-48-32-30-43(60-54-22-12-8-18-46(54)47-19-9-13-23-55(47)60)36-51(48)57(40-25-24-37-14-4-5-15-39(37)34-40)49-33-31-42(35-50(49)56)59-52-20-10-6-16-44(52)45-17-7-11-21-53(45)59/h4-36H,1-3H3. The normalized spacial score (nSPS) is 12.2. The van der Waals surface area contributed by atoms with Crippen molar-refractivity contribution < 1.29 is 0 Å². The van der Waals surface area contributed by atoms with E-state index in [0.29, 0.717) is 0 Å². The first kappa shape index (κ1) is 34.6. The van der Waals surface area contributed by atoms with E-state index in [4.69, 9.17) is 0 Å². The largest absolute Gasteiger partial charge is 0.309 e. The van der Waals surface area contributed by atoms with Crippen LogP contribution in [0.15, 0.2) is 200 Å². The third-order valence-corrected chi connectivity index (χ3v) is 12.8. The van der Waals surface area contributed by atoms with Crippen LogP contribution in [0.2, 0.25) is 0 Å². The smallest absolute Gasteiger partial charge is 0.0541 e. The zero-order valence-electron chi connectivity index (χ0n) is 33.9. The molecule has 60 heavy (non-hydrogen) atoms. The van der Waals surface area contributed by atoms with Crippen LogP contribution in [0.5, 0.6) is 0 Å². The summed E-state index contributed by atoms with van der Waals surface area (Å²) < 4.78 is 4.89. The summed E-state index contributed by atoms with van der Waals surface area (Å²) in [6.07, 6.45) is 0. The summed E-state index contributed by atoms with van der Waals surface area (Å²) in [4.78, 5) is 0. The van der Waals surface area contributed by atoms with Gasteiger partial charge < -0.3 is 9.13 Å². The first-order valence-corrected chi connectivity index (χ1v) is 21.0. The zero-order valence-corrected chi connectivity index (χ0v) is 33.9. The predicted molar refractivity (Wildman–Crippen MR) is 257 cm³/mol. The fourth-order valence-electron chi connectivity index (χ4n) is 9.99. The number of hydrogen-bond donors (Lipinski definition) is 0. The van der Waals surface area contributed by atoms with Gasteiger partial charge in [-0.1, -0.05) is 166 Å². The molecule has 2 heteroatoms. The Morgan fingerprint density at radius 3 is 1.17 bits per heavy atom. The number of rotatable bonds is 4. The van der Waals surface area contributed by atoms with Gasteiger partial charge in [0.1, 0.15) is 0 Å². The molecule has 0 aliphatic carbocycles. The Bertz CT molecular complexity index is 3580. The lowest BCUT2D eigenvalue weighted by Gasteiger charge is -2.22. The van der Waals surface area contributed by atoms with Gasteiger partial charge in [0.15, 0.2) is 0 Å². The van der Waals surface area contributed by atoms with Crippen LogP contribution in [0.1, 0.15) is 26.3 Å². The summed E-state index contributed by atoms with van der Waals surface area (Å²) in [6.45, 7) is 6.87. The molecule has 0 aliphatic rings. The van der Waals surface area contributed by atoms with Crippen molar-refractivity contribution in [2.45, 2.75) is 26.2 Å². The van der Waals surface area contributed by atoms with Crippen molar-refractivity contribution in [3.8, 4) is 33.6 Å². The monoisotopic (exact) mass is 766 g/mol. The Kier molecular flexibility index (Phi) is 7.52. The predicted octanol–water partition coefficient (Wildman–Crippen LogP) is 16.0. The molecule has 0 saturated heterocycles. The van der Waals surface area contributed by atoms with Crippen molar-refractivity contribution in [2.24, 2.45) is 0 Å². The molecule has 2 aromatic heterocycles. The first-order chi connectivity index (χ1) is 29.4. The van der Waals surface area contributed by atoms with Gasteiger partial charge in [0.25, 0.3) is 0 Å². The van der Waals surface area contributed by atoms with Gasteiger partial charge in [-0.15, -0.1) is 0 Å². The Balaban J connectivity index is 1.23. The molecule has 284 valence electrons. The highest BCUT2D eigenvalue weighted by atomic mass is 15.0. The third kappa shape index (κ3) is 5.20. The maximum absolute atomic E-state index is 2.45. The molecule has 12 aromatic rings. The van der Waals surface area contributed by atoms with Gasteiger partial charge in [-0.05, 0) is 120 Å². The quantitative estimate of drug-likeness (QED) is 0.158. The number of aromatic nitrogens is 2. The second-order valence-electron chi connectivity index (χ2n) is 17.3. The molecule has 0 amide bonds. The van der Waals surface area contributed by atoms with Gasteiger partial charge in [-0.2, -0.15) is 0 Å². The minimum absolute atomic E-state index is 0.0452. The minimum Gasteiger partial charge on any atom is -0.309 e. The summed E-state index contributed by atoms with van der Waals surface area (Å²) in [6, 6.07) is 74.6. The van der Waals surface area contributed by atoms with E-state index in [9.17, 15) is 0 Å². The summed E-state index contributed by atoms with van der Waals surface area (Å²) in [5, 5.41) is 12.5. The highest BCUT2D eigenvalue weighted by Crippen LogP contribution is 2.47. The molecule has 0 saturated carbocycles. The van der Waals surface area contributed by atoms with E-state index < -0.39 is 0 Å². The highest BCUT2D eigenvalue weighted by Gasteiger charge is 2.22. The summed E-state index contributed by atoms with van der Waals surface area (Å²) in [5.41, 5.74) is 13.4. The maximum Gasteiger partial charge on any atom is 0.0541 e. The van der Waals surface area contributed by atoms with Crippen molar-refractivity contribution in [3.05, 3.63) is 206 Å². The zero-order chi connectivity index (χ0) is 40.1. The van der Waals surface area contributed by atoms with Crippen LogP contribution in [0.3, 0.4) is 0 Å². The average Bonchev–Trinajstić information content (AvgIpc) is 3.81. The molecule has 0 bridgehead atoms. The van der Waals surface area contributed by atoms with Crippen LogP contribution in [0, 0.1) is 0 Å². The van der Waals surface area contributed by atoms with E-state index in [2.05, 4.69) is 230 Å². The molecule has 0 radical (unpaired) electrons. The number of hydrogen-bond acceptors (Lipinski definition) is 0. The van der Waals surface area contributed by atoms with E-state index in [1.165, 1.54) is 104 Å². The van der Waals surface area contributed by atoms with Crippen molar-refractivity contribution >= 4 is 75.9 Å². The maximum atomic E-state index is 2.45. The average molecular weight is 767 g/mol. The van der Waals surface area contributed by atoms with E-state index >= 15 is 0 Å². The molecule has 0 spiro atoms. The second kappa shape index (κ2) is 13.0. The van der Waals surface area contributed by atoms with Crippen LogP contribution in [0.4, 0.5) is 0 Å². The molecule has 2 heterocycles. The molecule has 0 fully saturated rings. The van der Waals surface area contributed by atoms with Gasteiger partial charge in [0.2, 0.25) is 0 Å². The summed E-state index contributed by atoms with van der Waals surface area (Å²) in [5.74, 6) is 0. The van der Waals surface area contributed by atoms with Crippen LogP contribution >= 0.6 is 0 Å².